The second kappa shape index (κ2) is 6.54. The smallest absolute Gasteiger partial charge is 0.340 e. The summed E-state index contributed by atoms with van der Waals surface area (Å²) in [6.07, 6.45) is 0. The van der Waals surface area contributed by atoms with Crippen LogP contribution in [0.3, 0.4) is 0 Å². The Balaban J connectivity index is 2.44. The van der Waals surface area contributed by atoms with Crippen LogP contribution in [0, 0.1) is 0 Å². The van der Waals surface area contributed by atoms with E-state index in [1.165, 1.54) is 7.11 Å². The lowest BCUT2D eigenvalue weighted by Crippen LogP contribution is -2.07. The number of aromatic nitrogens is 1. The zero-order chi connectivity index (χ0) is 14.5. The van der Waals surface area contributed by atoms with Gasteiger partial charge in [-0.1, -0.05) is 11.6 Å². The number of hydrogen-bond acceptors (Lipinski definition) is 5. The molecule has 0 spiro atoms. The average Bonchev–Trinajstić information content (AvgIpc) is 2.47. The zero-order valence-electron chi connectivity index (χ0n) is 11.2. The van der Waals surface area contributed by atoms with Gasteiger partial charge in [-0.25, -0.2) is 9.78 Å². The average molecular weight is 296 g/mol. The molecule has 0 unspecified atom stereocenters. The first-order chi connectivity index (χ1) is 9.67. The minimum atomic E-state index is -0.465. The molecule has 0 aliphatic carbocycles. The fraction of sp³-hybridized carbons (Fsp3) is 0.286. The molecule has 106 valence electrons. The highest BCUT2D eigenvalue weighted by Gasteiger charge is 2.14. The van der Waals surface area contributed by atoms with Crippen LogP contribution in [-0.4, -0.2) is 38.4 Å². The van der Waals surface area contributed by atoms with Crippen molar-refractivity contribution in [1.82, 2.24) is 4.98 Å². The monoisotopic (exact) mass is 295 g/mol. The van der Waals surface area contributed by atoms with Crippen LogP contribution < -0.4 is 4.74 Å². The minimum Gasteiger partial charge on any atom is -0.475 e. The van der Waals surface area contributed by atoms with Crippen LogP contribution in [0.25, 0.3) is 10.9 Å². The molecular formula is C14H14ClNO4. The van der Waals surface area contributed by atoms with E-state index in [0.717, 1.165) is 0 Å². The highest BCUT2D eigenvalue weighted by Crippen LogP contribution is 2.27. The second-order valence-corrected chi connectivity index (χ2v) is 4.38. The number of halogens is 1. The summed E-state index contributed by atoms with van der Waals surface area (Å²) in [6.45, 7) is 0.836. The number of methoxy groups -OCH3 is 2. The van der Waals surface area contributed by atoms with Gasteiger partial charge < -0.3 is 14.2 Å². The lowest BCUT2D eigenvalue weighted by Gasteiger charge is -2.09. The van der Waals surface area contributed by atoms with Crippen LogP contribution in [0.2, 0.25) is 5.02 Å². The Hall–Kier alpha value is -1.85. The molecule has 6 heteroatoms. The summed E-state index contributed by atoms with van der Waals surface area (Å²) in [4.78, 5) is 16.1. The summed E-state index contributed by atoms with van der Waals surface area (Å²) < 4.78 is 15.1. The largest absolute Gasteiger partial charge is 0.475 e. The molecule has 0 radical (unpaired) electrons. The number of nitrogens with zero attached hydrogens (tertiary/aromatic N) is 1. The van der Waals surface area contributed by atoms with Gasteiger partial charge in [-0.3, -0.25) is 0 Å². The molecule has 0 saturated heterocycles. The van der Waals surface area contributed by atoms with E-state index in [0.29, 0.717) is 40.6 Å². The Kier molecular flexibility index (Phi) is 4.76. The molecule has 0 aliphatic rings. The summed E-state index contributed by atoms with van der Waals surface area (Å²) in [5.74, 6) is -0.0600. The van der Waals surface area contributed by atoms with E-state index in [9.17, 15) is 4.79 Å². The van der Waals surface area contributed by atoms with Crippen molar-refractivity contribution in [3.05, 3.63) is 34.9 Å². The van der Waals surface area contributed by atoms with Gasteiger partial charge in [0.25, 0.3) is 0 Å². The summed E-state index contributed by atoms with van der Waals surface area (Å²) in [5, 5.41) is 1.19. The highest BCUT2D eigenvalue weighted by molar-refractivity contribution is 6.35. The summed E-state index contributed by atoms with van der Waals surface area (Å²) in [5.41, 5.74) is 0.809. The molecule has 0 aliphatic heterocycles. The summed E-state index contributed by atoms with van der Waals surface area (Å²) in [6, 6.07) is 6.69. The quantitative estimate of drug-likeness (QED) is 0.627. The van der Waals surface area contributed by atoms with Crippen molar-refractivity contribution >= 4 is 28.5 Å². The number of carbonyl (C=O) groups excluding carboxylic acids is 1. The van der Waals surface area contributed by atoms with Crippen molar-refractivity contribution in [3.8, 4) is 5.88 Å². The standard InChI is InChI=1S/C14H14ClNO4/c1-18-7-8-20-12-6-4-9-11(15)5-3-10(13(9)16-12)14(17)19-2/h3-6H,7-8H2,1-2H3. The zero-order valence-corrected chi connectivity index (χ0v) is 11.9. The molecule has 1 aromatic carbocycles. The van der Waals surface area contributed by atoms with Crippen molar-refractivity contribution in [2.24, 2.45) is 0 Å². The van der Waals surface area contributed by atoms with E-state index < -0.39 is 5.97 Å². The molecule has 0 N–H and O–H groups in total. The van der Waals surface area contributed by atoms with Gasteiger partial charge in [-0.05, 0) is 18.2 Å². The normalized spacial score (nSPS) is 10.6. The molecule has 0 fully saturated rings. The van der Waals surface area contributed by atoms with Crippen LogP contribution in [0.5, 0.6) is 5.88 Å². The number of carbonyl (C=O) groups is 1. The molecule has 1 heterocycles. The number of pyridine rings is 1. The van der Waals surface area contributed by atoms with Crippen molar-refractivity contribution in [2.75, 3.05) is 27.4 Å². The summed E-state index contributed by atoms with van der Waals surface area (Å²) >= 11 is 6.10. The van der Waals surface area contributed by atoms with Crippen LogP contribution in [0.1, 0.15) is 10.4 Å². The van der Waals surface area contributed by atoms with E-state index in [1.807, 2.05) is 0 Å². The number of benzene rings is 1. The Bertz CT molecular complexity index is 630. The topological polar surface area (TPSA) is 57.7 Å². The minimum absolute atomic E-state index is 0.351. The summed E-state index contributed by atoms with van der Waals surface area (Å²) in [7, 11) is 2.91. The van der Waals surface area contributed by atoms with E-state index in [-0.39, 0.29) is 0 Å². The molecule has 1 aromatic heterocycles. The lowest BCUT2D eigenvalue weighted by molar-refractivity contribution is 0.0602. The van der Waals surface area contributed by atoms with E-state index >= 15 is 0 Å². The van der Waals surface area contributed by atoms with Gasteiger partial charge in [0.1, 0.15) is 6.61 Å². The Morgan fingerprint density at radius 3 is 2.70 bits per heavy atom. The third kappa shape index (κ3) is 3.00. The third-order valence-corrected chi connectivity index (χ3v) is 3.05. The molecule has 20 heavy (non-hydrogen) atoms. The van der Waals surface area contributed by atoms with Crippen LogP contribution in [0.4, 0.5) is 0 Å². The first-order valence-electron chi connectivity index (χ1n) is 5.96. The molecular weight excluding hydrogens is 282 g/mol. The van der Waals surface area contributed by atoms with Gasteiger partial charge >= 0.3 is 5.97 Å². The number of rotatable bonds is 5. The van der Waals surface area contributed by atoms with Crippen molar-refractivity contribution in [3.63, 3.8) is 0 Å². The molecule has 2 aromatic rings. The lowest BCUT2D eigenvalue weighted by atomic mass is 10.1. The maximum Gasteiger partial charge on any atom is 0.340 e. The van der Waals surface area contributed by atoms with Gasteiger partial charge in [0.2, 0.25) is 5.88 Å². The third-order valence-electron chi connectivity index (χ3n) is 2.72. The first-order valence-corrected chi connectivity index (χ1v) is 6.34. The van der Waals surface area contributed by atoms with Crippen LogP contribution in [-0.2, 0) is 9.47 Å². The maximum atomic E-state index is 11.7. The Morgan fingerprint density at radius 1 is 1.20 bits per heavy atom. The Labute approximate surface area is 121 Å². The molecule has 5 nitrogen and oxygen atoms in total. The fourth-order valence-corrected chi connectivity index (χ4v) is 1.96. The van der Waals surface area contributed by atoms with Crippen molar-refractivity contribution in [1.29, 1.82) is 0 Å². The maximum absolute atomic E-state index is 11.7. The number of hydrogen-bond donors (Lipinski definition) is 0. The van der Waals surface area contributed by atoms with Gasteiger partial charge in [0, 0.05) is 18.6 Å². The van der Waals surface area contributed by atoms with Crippen LogP contribution in [0.15, 0.2) is 24.3 Å². The molecule has 0 atom stereocenters. The fourth-order valence-electron chi connectivity index (χ4n) is 1.75. The predicted octanol–water partition coefficient (Wildman–Crippen LogP) is 2.70. The van der Waals surface area contributed by atoms with E-state index in [2.05, 4.69) is 4.98 Å². The molecule has 0 saturated carbocycles. The van der Waals surface area contributed by atoms with Gasteiger partial charge in [-0.15, -0.1) is 0 Å². The number of ether oxygens (including phenoxy) is 3. The molecule has 0 bridgehead atoms. The highest BCUT2D eigenvalue weighted by atomic mass is 35.5. The number of esters is 1. The molecule has 0 amide bonds. The molecule has 2 rings (SSSR count). The first kappa shape index (κ1) is 14.6. The van der Waals surface area contributed by atoms with Crippen LogP contribution >= 0.6 is 11.6 Å². The van der Waals surface area contributed by atoms with Gasteiger partial charge in [0.05, 0.1) is 29.8 Å². The predicted molar refractivity (Wildman–Crippen MR) is 75.5 cm³/mol. The Morgan fingerprint density at radius 2 is 2.00 bits per heavy atom. The van der Waals surface area contributed by atoms with Gasteiger partial charge in [0.15, 0.2) is 0 Å². The van der Waals surface area contributed by atoms with Crippen molar-refractivity contribution in [2.45, 2.75) is 0 Å². The SMILES string of the molecule is COCCOc1ccc2c(Cl)ccc(C(=O)OC)c2n1. The van der Waals surface area contributed by atoms with E-state index in [1.54, 1.807) is 31.4 Å². The van der Waals surface area contributed by atoms with Gasteiger partial charge in [-0.2, -0.15) is 0 Å². The second-order valence-electron chi connectivity index (χ2n) is 3.97. The van der Waals surface area contributed by atoms with E-state index in [4.69, 9.17) is 25.8 Å². The number of fused-ring (bicyclic) bond motifs is 1. The van der Waals surface area contributed by atoms with Crippen molar-refractivity contribution < 1.29 is 19.0 Å².